The van der Waals surface area contributed by atoms with Gasteiger partial charge >= 0.3 is 0 Å². The fourth-order valence-corrected chi connectivity index (χ4v) is 2.53. The highest BCUT2D eigenvalue weighted by atomic mass is 16.5. The molecule has 7 heteroatoms. The third-order valence-electron chi connectivity index (χ3n) is 3.87. The monoisotopic (exact) mass is 338 g/mol. The third kappa shape index (κ3) is 3.65. The van der Waals surface area contributed by atoms with E-state index in [-0.39, 0.29) is 24.3 Å². The van der Waals surface area contributed by atoms with E-state index in [9.17, 15) is 9.59 Å². The molecule has 1 aromatic carbocycles. The number of aromatic nitrogens is 3. The Balaban J connectivity index is 1.70. The van der Waals surface area contributed by atoms with Gasteiger partial charge in [-0.15, -0.1) is 0 Å². The first-order valence-electron chi connectivity index (χ1n) is 7.83. The van der Waals surface area contributed by atoms with E-state index in [0.29, 0.717) is 17.3 Å². The number of hydrogen-bond donors (Lipinski definition) is 1. The normalized spacial score (nSPS) is 10.6. The maximum atomic E-state index is 12.4. The number of amides is 1. The number of anilines is 1. The molecular weight excluding hydrogens is 320 g/mol. The van der Waals surface area contributed by atoms with Gasteiger partial charge in [0.2, 0.25) is 11.8 Å². The van der Waals surface area contributed by atoms with E-state index in [1.54, 1.807) is 23.7 Å². The molecule has 1 N–H and O–H groups in total. The van der Waals surface area contributed by atoms with Gasteiger partial charge in [-0.1, -0.05) is 12.1 Å². The van der Waals surface area contributed by atoms with E-state index >= 15 is 0 Å². The van der Waals surface area contributed by atoms with Crippen LogP contribution in [0, 0.1) is 0 Å². The van der Waals surface area contributed by atoms with Crippen LogP contribution in [0.3, 0.4) is 0 Å². The Morgan fingerprint density at radius 2 is 2.04 bits per heavy atom. The van der Waals surface area contributed by atoms with Crippen LogP contribution in [0.15, 0.2) is 47.4 Å². The number of carbonyl (C=O) groups excluding carboxylic acids is 1. The molecule has 0 unspecified atom stereocenters. The first kappa shape index (κ1) is 16.6. The number of carbonyl (C=O) groups is 1. The van der Waals surface area contributed by atoms with E-state index < -0.39 is 0 Å². The number of benzene rings is 1. The van der Waals surface area contributed by atoms with Crippen molar-refractivity contribution in [2.75, 3.05) is 12.4 Å². The zero-order valence-electron chi connectivity index (χ0n) is 14.0. The molecule has 0 fully saturated rings. The van der Waals surface area contributed by atoms with Gasteiger partial charge in [0.05, 0.1) is 30.0 Å². The molecule has 128 valence electrons. The number of methoxy groups -OCH3 is 1. The summed E-state index contributed by atoms with van der Waals surface area (Å²) in [5.74, 6) is 0.269. The predicted molar refractivity (Wildman–Crippen MR) is 94.7 cm³/mol. The van der Waals surface area contributed by atoms with Crippen LogP contribution in [0.1, 0.15) is 12.1 Å². The Morgan fingerprint density at radius 3 is 2.76 bits per heavy atom. The lowest BCUT2D eigenvalue weighted by molar-refractivity contribution is -0.116. The zero-order chi connectivity index (χ0) is 17.8. The number of aryl methyl sites for hydroxylation is 2. The van der Waals surface area contributed by atoms with Gasteiger partial charge in [-0.2, -0.15) is 0 Å². The molecule has 0 aliphatic heterocycles. The molecule has 2 aromatic heterocycles. The number of ether oxygens (including phenoxy) is 1. The van der Waals surface area contributed by atoms with Crippen LogP contribution in [0.5, 0.6) is 5.88 Å². The lowest BCUT2D eigenvalue weighted by atomic mass is 10.2. The van der Waals surface area contributed by atoms with Crippen molar-refractivity contribution < 1.29 is 9.53 Å². The Kier molecular flexibility index (Phi) is 4.74. The van der Waals surface area contributed by atoms with Crippen molar-refractivity contribution in [3.8, 4) is 5.88 Å². The molecule has 0 saturated heterocycles. The minimum atomic E-state index is -0.205. The molecule has 0 radical (unpaired) electrons. The van der Waals surface area contributed by atoms with Crippen LogP contribution in [-0.2, 0) is 18.3 Å². The van der Waals surface area contributed by atoms with E-state index in [1.807, 2.05) is 24.3 Å². The lowest BCUT2D eigenvalue weighted by Gasteiger charge is -2.08. The van der Waals surface area contributed by atoms with Crippen molar-refractivity contribution >= 4 is 22.6 Å². The Bertz CT molecular complexity index is 964. The van der Waals surface area contributed by atoms with Gasteiger partial charge in [0.15, 0.2) is 0 Å². The standard InChI is InChI=1S/C18H18N4O3/c1-22-15-6-4-3-5-13(15)21-14(18(22)24)8-9-16(23)20-12-7-10-17(25-2)19-11-12/h3-7,10-11H,8-9H2,1-2H3,(H,20,23). The molecule has 3 aromatic rings. The second-order valence-electron chi connectivity index (χ2n) is 5.55. The molecule has 2 heterocycles. The highest BCUT2D eigenvalue weighted by molar-refractivity contribution is 5.90. The van der Waals surface area contributed by atoms with Crippen molar-refractivity contribution in [3.63, 3.8) is 0 Å². The smallest absolute Gasteiger partial charge is 0.272 e. The molecule has 0 spiro atoms. The number of nitrogens with one attached hydrogen (secondary N) is 1. The molecule has 0 aliphatic rings. The van der Waals surface area contributed by atoms with E-state index in [4.69, 9.17) is 4.74 Å². The van der Waals surface area contributed by atoms with Crippen molar-refractivity contribution in [2.24, 2.45) is 7.05 Å². The van der Waals surface area contributed by atoms with Crippen molar-refractivity contribution in [3.05, 3.63) is 58.6 Å². The van der Waals surface area contributed by atoms with Crippen molar-refractivity contribution in [1.82, 2.24) is 14.5 Å². The van der Waals surface area contributed by atoms with Crippen LogP contribution in [0.2, 0.25) is 0 Å². The number of rotatable bonds is 5. The Morgan fingerprint density at radius 1 is 1.24 bits per heavy atom. The summed E-state index contributed by atoms with van der Waals surface area (Å²) in [6.45, 7) is 0. The molecule has 0 bridgehead atoms. The average Bonchev–Trinajstić information content (AvgIpc) is 2.64. The summed E-state index contributed by atoms with van der Waals surface area (Å²) in [5.41, 5.74) is 2.27. The summed E-state index contributed by atoms with van der Waals surface area (Å²) in [4.78, 5) is 32.9. The molecule has 3 rings (SSSR count). The van der Waals surface area contributed by atoms with E-state index in [0.717, 1.165) is 11.0 Å². The molecule has 1 amide bonds. The van der Waals surface area contributed by atoms with Gasteiger partial charge in [0.1, 0.15) is 5.69 Å². The van der Waals surface area contributed by atoms with Gasteiger partial charge in [0.25, 0.3) is 5.56 Å². The van der Waals surface area contributed by atoms with E-state index in [2.05, 4.69) is 15.3 Å². The predicted octanol–water partition coefficient (Wildman–Crippen LogP) is 1.91. The molecule has 25 heavy (non-hydrogen) atoms. The summed E-state index contributed by atoms with van der Waals surface area (Å²) < 4.78 is 6.53. The zero-order valence-corrected chi connectivity index (χ0v) is 14.0. The highest BCUT2D eigenvalue weighted by Crippen LogP contribution is 2.12. The van der Waals surface area contributed by atoms with Gasteiger partial charge in [-0.3, -0.25) is 9.59 Å². The van der Waals surface area contributed by atoms with Gasteiger partial charge in [0, 0.05) is 26.0 Å². The minimum Gasteiger partial charge on any atom is -0.481 e. The summed E-state index contributed by atoms with van der Waals surface area (Å²) in [5, 5.41) is 2.74. The highest BCUT2D eigenvalue weighted by Gasteiger charge is 2.11. The number of para-hydroxylation sites is 2. The fraction of sp³-hybridized carbons (Fsp3) is 0.222. The molecule has 0 aliphatic carbocycles. The molecule has 0 atom stereocenters. The van der Waals surface area contributed by atoms with E-state index in [1.165, 1.54) is 13.3 Å². The van der Waals surface area contributed by atoms with Crippen LogP contribution in [-0.4, -0.2) is 27.6 Å². The van der Waals surface area contributed by atoms with Gasteiger partial charge < -0.3 is 14.6 Å². The minimum absolute atomic E-state index is 0.159. The Labute approximate surface area is 144 Å². The summed E-state index contributed by atoms with van der Waals surface area (Å²) in [7, 11) is 3.23. The van der Waals surface area contributed by atoms with Crippen LogP contribution >= 0.6 is 0 Å². The van der Waals surface area contributed by atoms with Crippen LogP contribution < -0.4 is 15.6 Å². The number of nitrogens with zero attached hydrogens (tertiary/aromatic N) is 3. The first-order valence-corrected chi connectivity index (χ1v) is 7.83. The summed E-state index contributed by atoms with van der Waals surface area (Å²) in [6, 6.07) is 10.8. The molecule has 7 nitrogen and oxygen atoms in total. The SMILES string of the molecule is COc1ccc(NC(=O)CCc2nc3ccccc3n(C)c2=O)cn1. The topological polar surface area (TPSA) is 86.1 Å². The average molecular weight is 338 g/mol. The quantitative estimate of drug-likeness (QED) is 0.768. The Hall–Kier alpha value is -3.22. The molecule has 0 saturated carbocycles. The summed E-state index contributed by atoms with van der Waals surface area (Å²) in [6.07, 6.45) is 1.95. The van der Waals surface area contributed by atoms with Crippen molar-refractivity contribution in [1.29, 1.82) is 0 Å². The number of fused-ring (bicyclic) bond motifs is 1. The second-order valence-corrected chi connectivity index (χ2v) is 5.55. The van der Waals surface area contributed by atoms with Gasteiger partial charge in [-0.25, -0.2) is 9.97 Å². The number of hydrogen-bond acceptors (Lipinski definition) is 5. The van der Waals surface area contributed by atoms with Crippen LogP contribution in [0.25, 0.3) is 11.0 Å². The van der Waals surface area contributed by atoms with Gasteiger partial charge in [-0.05, 0) is 18.2 Å². The third-order valence-corrected chi connectivity index (χ3v) is 3.87. The first-order chi connectivity index (χ1) is 12.1. The molecular formula is C18H18N4O3. The summed E-state index contributed by atoms with van der Waals surface area (Å²) >= 11 is 0. The van der Waals surface area contributed by atoms with Crippen molar-refractivity contribution in [2.45, 2.75) is 12.8 Å². The lowest BCUT2D eigenvalue weighted by Crippen LogP contribution is -2.24. The van der Waals surface area contributed by atoms with Crippen LogP contribution in [0.4, 0.5) is 5.69 Å². The second kappa shape index (κ2) is 7.12. The number of pyridine rings is 1. The fourth-order valence-electron chi connectivity index (χ4n) is 2.53. The maximum absolute atomic E-state index is 12.4. The largest absolute Gasteiger partial charge is 0.481 e. The maximum Gasteiger partial charge on any atom is 0.272 e.